The molecule has 1 aliphatic rings. The normalized spacial score (nSPS) is 15.1. The molecule has 8 heteroatoms. The Hall–Kier alpha value is -2.32. The molecule has 0 spiro atoms. The Labute approximate surface area is 155 Å². The maximum Gasteiger partial charge on any atom is 0.279 e. The predicted octanol–water partition coefficient (Wildman–Crippen LogP) is 0.878. The molecule has 2 aromatic rings. The van der Waals surface area contributed by atoms with E-state index in [1.807, 2.05) is 18.7 Å². The van der Waals surface area contributed by atoms with Gasteiger partial charge in [-0.25, -0.2) is 9.37 Å². The molecule has 1 aliphatic heterocycles. The van der Waals surface area contributed by atoms with Crippen LogP contribution in [0.1, 0.15) is 20.4 Å². The summed E-state index contributed by atoms with van der Waals surface area (Å²) >= 11 is 1.43. The predicted molar refractivity (Wildman–Crippen MR) is 98.1 cm³/mol. The molecule has 138 valence electrons. The van der Waals surface area contributed by atoms with E-state index >= 15 is 0 Å². The molecule has 1 aromatic heterocycles. The van der Waals surface area contributed by atoms with Gasteiger partial charge in [-0.1, -0.05) is 6.07 Å². The van der Waals surface area contributed by atoms with E-state index in [0.717, 1.165) is 15.6 Å². The van der Waals surface area contributed by atoms with Gasteiger partial charge in [-0.2, -0.15) is 0 Å². The number of hydrogen-bond donors (Lipinski definition) is 2. The average Bonchev–Trinajstić information content (AvgIpc) is 2.93. The maximum atomic E-state index is 13.2. The monoisotopic (exact) mass is 377 g/mol. The lowest BCUT2D eigenvalue weighted by Crippen LogP contribution is -3.15. The van der Waals surface area contributed by atoms with E-state index < -0.39 is 0 Å². The zero-order valence-electron chi connectivity index (χ0n) is 14.8. The number of thiazole rings is 1. The first-order valence-corrected chi connectivity index (χ1v) is 9.36. The van der Waals surface area contributed by atoms with Gasteiger partial charge in [0.05, 0.1) is 36.9 Å². The summed E-state index contributed by atoms with van der Waals surface area (Å²) in [5.41, 5.74) is 1.24. The largest absolute Gasteiger partial charge is 0.327 e. The van der Waals surface area contributed by atoms with Crippen LogP contribution in [0.2, 0.25) is 0 Å². The van der Waals surface area contributed by atoms with Crippen LogP contribution >= 0.6 is 11.3 Å². The van der Waals surface area contributed by atoms with Crippen LogP contribution < -0.4 is 10.2 Å². The third-order valence-corrected chi connectivity index (χ3v) is 5.44. The van der Waals surface area contributed by atoms with Gasteiger partial charge < -0.3 is 15.1 Å². The third kappa shape index (κ3) is 4.44. The lowest BCUT2D eigenvalue weighted by atomic mass is 10.2. The molecule has 6 nitrogen and oxygen atoms in total. The van der Waals surface area contributed by atoms with E-state index in [1.54, 1.807) is 12.1 Å². The van der Waals surface area contributed by atoms with Crippen molar-refractivity contribution in [3.63, 3.8) is 0 Å². The van der Waals surface area contributed by atoms with Crippen molar-refractivity contribution < 1.29 is 18.9 Å². The number of piperazine rings is 1. The second-order valence-electron chi connectivity index (χ2n) is 6.42. The molecule has 0 unspecified atom stereocenters. The van der Waals surface area contributed by atoms with Crippen molar-refractivity contribution in [2.45, 2.75) is 13.8 Å². The van der Waals surface area contributed by atoms with Crippen LogP contribution in [-0.4, -0.2) is 54.4 Å². The molecule has 0 bridgehead atoms. The van der Waals surface area contributed by atoms with Crippen LogP contribution in [0.3, 0.4) is 0 Å². The number of carbonyl (C=O) groups excluding carboxylic acids is 2. The highest BCUT2D eigenvalue weighted by Crippen LogP contribution is 2.19. The first kappa shape index (κ1) is 18.5. The smallest absolute Gasteiger partial charge is 0.279 e. The number of rotatable bonds is 4. The second-order valence-corrected chi connectivity index (χ2v) is 7.63. The lowest BCUT2D eigenvalue weighted by molar-refractivity contribution is -0.895. The van der Waals surface area contributed by atoms with Crippen LogP contribution in [-0.2, 0) is 4.79 Å². The molecule has 1 saturated heterocycles. The number of anilines is 1. The number of carbonyl (C=O) groups is 2. The van der Waals surface area contributed by atoms with Gasteiger partial charge in [-0.15, -0.1) is 11.3 Å². The summed E-state index contributed by atoms with van der Waals surface area (Å²) < 4.78 is 13.2. The van der Waals surface area contributed by atoms with Crippen molar-refractivity contribution in [2.75, 3.05) is 38.0 Å². The third-order valence-electron chi connectivity index (χ3n) is 4.37. The number of quaternary nitrogens is 1. The van der Waals surface area contributed by atoms with Crippen molar-refractivity contribution in [3.05, 3.63) is 45.7 Å². The van der Waals surface area contributed by atoms with Gasteiger partial charge in [0.1, 0.15) is 10.7 Å². The van der Waals surface area contributed by atoms with E-state index in [1.165, 1.54) is 23.5 Å². The Morgan fingerprint density at radius 1 is 1.31 bits per heavy atom. The lowest BCUT2D eigenvalue weighted by Gasteiger charge is -2.31. The zero-order chi connectivity index (χ0) is 18.7. The molecule has 0 aliphatic carbocycles. The number of aromatic nitrogens is 1. The van der Waals surface area contributed by atoms with Crippen molar-refractivity contribution in [1.82, 2.24) is 9.88 Å². The molecule has 0 radical (unpaired) electrons. The van der Waals surface area contributed by atoms with Gasteiger partial charge in [0, 0.05) is 5.69 Å². The van der Waals surface area contributed by atoms with E-state index in [0.29, 0.717) is 43.3 Å². The van der Waals surface area contributed by atoms with Crippen LogP contribution in [0.25, 0.3) is 0 Å². The van der Waals surface area contributed by atoms with Crippen molar-refractivity contribution >= 4 is 28.8 Å². The summed E-state index contributed by atoms with van der Waals surface area (Å²) in [7, 11) is 0. The number of nitrogens with one attached hydrogen (secondary N) is 2. The van der Waals surface area contributed by atoms with E-state index in [4.69, 9.17) is 0 Å². The Balaban J connectivity index is 1.50. The summed E-state index contributed by atoms with van der Waals surface area (Å²) in [4.78, 5) is 32.7. The van der Waals surface area contributed by atoms with Crippen LogP contribution in [0.5, 0.6) is 0 Å². The summed E-state index contributed by atoms with van der Waals surface area (Å²) in [6, 6.07) is 5.85. The van der Waals surface area contributed by atoms with E-state index in [9.17, 15) is 14.0 Å². The molecular weight excluding hydrogens is 355 g/mol. The Kier molecular flexibility index (Phi) is 5.63. The van der Waals surface area contributed by atoms with Crippen LogP contribution in [0.4, 0.5) is 10.1 Å². The van der Waals surface area contributed by atoms with E-state index in [-0.39, 0.29) is 17.6 Å². The molecule has 1 fully saturated rings. The van der Waals surface area contributed by atoms with Crippen molar-refractivity contribution in [2.24, 2.45) is 0 Å². The minimum atomic E-state index is -0.379. The quantitative estimate of drug-likeness (QED) is 0.831. The number of aryl methyl sites for hydroxylation is 2. The summed E-state index contributed by atoms with van der Waals surface area (Å²) in [6.45, 7) is 6.69. The molecule has 3 rings (SSSR count). The number of nitrogens with zero attached hydrogens (tertiary/aromatic N) is 2. The molecule has 2 amide bonds. The average molecular weight is 377 g/mol. The topological polar surface area (TPSA) is 66.7 Å². The van der Waals surface area contributed by atoms with E-state index in [2.05, 4.69) is 10.3 Å². The summed E-state index contributed by atoms with van der Waals surface area (Å²) in [6.07, 6.45) is 0. The van der Waals surface area contributed by atoms with Gasteiger partial charge >= 0.3 is 0 Å². The van der Waals surface area contributed by atoms with Crippen molar-refractivity contribution in [3.8, 4) is 0 Å². The second kappa shape index (κ2) is 7.92. The van der Waals surface area contributed by atoms with Crippen LogP contribution in [0, 0.1) is 19.7 Å². The highest BCUT2D eigenvalue weighted by Gasteiger charge is 2.27. The van der Waals surface area contributed by atoms with Gasteiger partial charge in [-0.3, -0.25) is 9.59 Å². The standard InChI is InChI=1S/C18H21FN4O2S/c1-12-17(26-13(2)20-12)18(25)23-8-6-22(7-9-23)11-16(24)21-15-5-3-4-14(19)10-15/h3-5,10H,6-9,11H2,1-2H3,(H,21,24)/p+1. The highest BCUT2D eigenvalue weighted by atomic mass is 32.1. The minimum absolute atomic E-state index is 0.0244. The number of hydrogen-bond acceptors (Lipinski definition) is 4. The van der Waals surface area contributed by atoms with Gasteiger partial charge in [0.2, 0.25) is 0 Å². The van der Waals surface area contributed by atoms with Crippen LogP contribution in [0.15, 0.2) is 24.3 Å². The molecule has 2 N–H and O–H groups in total. The molecule has 0 atom stereocenters. The Morgan fingerprint density at radius 3 is 2.65 bits per heavy atom. The zero-order valence-corrected chi connectivity index (χ0v) is 15.7. The highest BCUT2D eigenvalue weighted by molar-refractivity contribution is 7.13. The molecule has 2 heterocycles. The molecule has 26 heavy (non-hydrogen) atoms. The fourth-order valence-corrected chi connectivity index (χ4v) is 3.96. The fraction of sp³-hybridized carbons (Fsp3) is 0.389. The Bertz CT molecular complexity index is 815. The van der Waals surface area contributed by atoms with Gasteiger partial charge in [-0.05, 0) is 32.0 Å². The first-order valence-electron chi connectivity index (χ1n) is 8.54. The first-order chi connectivity index (χ1) is 12.4. The maximum absolute atomic E-state index is 13.2. The molecular formula is C18H22FN4O2S+. The molecule has 0 saturated carbocycles. The number of benzene rings is 1. The molecule has 1 aromatic carbocycles. The fourth-order valence-electron chi connectivity index (χ4n) is 3.07. The van der Waals surface area contributed by atoms with Crippen molar-refractivity contribution in [1.29, 1.82) is 0 Å². The minimum Gasteiger partial charge on any atom is -0.327 e. The summed E-state index contributed by atoms with van der Waals surface area (Å²) in [5, 5.41) is 3.61. The Morgan fingerprint density at radius 2 is 2.04 bits per heavy atom. The summed E-state index contributed by atoms with van der Waals surface area (Å²) in [5.74, 6) is -0.508. The number of amides is 2. The number of halogens is 1. The SMILES string of the molecule is Cc1nc(C)c(C(=O)N2CC[NH+](CC(=O)Nc3cccc(F)c3)CC2)s1. The van der Waals surface area contributed by atoms with Gasteiger partial charge in [0.15, 0.2) is 6.54 Å². The van der Waals surface area contributed by atoms with Gasteiger partial charge in [0.25, 0.3) is 11.8 Å².